The van der Waals surface area contributed by atoms with Gasteiger partial charge >= 0.3 is 0 Å². The number of benzene rings is 2. The highest BCUT2D eigenvalue weighted by atomic mass is 35.5. The molecule has 10 heteroatoms. The van der Waals surface area contributed by atoms with Gasteiger partial charge in [-0.3, -0.25) is 14.9 Å². The number of hydrogen-bond acceptors (Lipinski definition) is 6. The van der Waals surface area contributed by atoms with Gasteiger partial charge in [-0.1, -0.05) is 11.6 Å². The molecule has 3 rings (SSSR count). The minimum atomic E-state index is -0.578. The number of halogens is 1. The van der Waals surface area contributed by atoms with Gasteiger partial charge in [-0.2, -0.15) is 0 Å². The third kappa shape index (κ3) is 3.20. The third-order valence-corrected chi connectivity index (χ3v) is 3.46. The van der Waals surface area contributed by atoms with E-state index in [0.29, 0.717) is 5.69 Å². The number of amides is 1. The smallest absolute Gasteiger partial charge is 0.270 e. The molecule has 0 aliphatic rings. The lowest BCUT2D eigenvalue weighted by atomic mass is 10.2. The second-order valence-electron chi connectivity index (χ2n) is 4.68. The number of non-ortho nitro benzene ring substituents is 1. The first kappa shape index (κ1) is 15.6. The van der Waals surface area contributed by atoms with Gasteiger partial charge in [-0.25, -0.2) is 4.68 Å². The maximum absolute atomic E-state index is 12.2. The Kier molecular flexibility index (Phi) is 4.17. The highest BCUT2D eigenvalue weighted by Gasteiger charge is 2.15. The van der Waals surface area contributed by atoms with Gasteiger partial charge in [0.1, 0.15) is 6.33 Å². The van der Waals surface area contributed by atoms with Crippen LogP contribution in [0.4, 0.5) is 11.4 Å². The molecular weight excluding hydrogens is 336 g/mol. The third-order valence-electron chi connectivity index (χ3n) is 3.15. The van der Waals surface area contributed by atoms with E-state index in [9.17, 15) is 14.9 Å². The lowest BCUT2D eigenvalue weighted by Crippen LogP contribution is -2.12. The highest BCUT2D eigenvalue weighted by Crippen LogP contribution is 2.23. The summed E-state index contributed by atoms with van der Waals surface area (Å²) < 4.78 is 1.47. The fourth-order valence-corrected chi connectivity index (χ4v) is 2.24. The number of anilines is 1. The summed E-state index contributed by atoms with van der Waals surface area (Å²) in [5.74, 6) is -0.468. The molecule has 0 atom stereocenters. The Morgan fingerprint density at radius 1 is 1.21 bits per heavy atom. The molecular formula is C14H9ClN6O3. The lowest BCUT2D eigenvalue weighted by Gasteiger charge is -2.07. The normalized spacial score (nSPS) is 10.4. The van der Waals surface area contributed by atoms with Crippen molar-refractivity contribution in [2.75, 3.05) is 5.32 Å². The van der Waals surface area contributed by atoms with Crippen molar-refractivity contribution in [2.24, 2.45) is 0 Å². The molecule has 0 saturated heterocycles. The molecule has 0 saturated carbocycles. The average Bonchev–Trinajstić information content (AvgIpc) is 3.09. The SMILES string of the molecule is O=C(Nc1ccc(-n2cnnn2)cc1)c1ccc([N+](=O)[O-])cc1Cl. The maximum atomic E-state index is 12.2. The number of nitro groups is 1. The second kappa shape index (κ2) is 6.42. The highest BCUT2D eigenvalue weighted by molar-refractivity contribution is 6.34. The number of hydrogen-bond donors (Lipinski definition) is 1. The number of carbonyl (C=O) groups excluding carboxylic acids is 1. The monoisotopic (exact) mass is 344 g/mol. The molecule has 0 aliphatic heterocycles. The lowest BCUT2D eigenvalue weighted by molar-refractivity contribution is -0.384. The van der Waals surface area contributed by atoms with E-state index in [0.717, 1.165) is 11.8 Å². The van der Waals surface area contributed by atoms with Crippen LogP contribution in [0.1, 0.15) is 10.4 Å². The van der Waals surface area contributed by atoms with Crippen molar-refractivity contribution in [3.8, 4) is 5.69 Å². The molecule has 1 N–H and O–H groups in total. The molecule has 1 heterocycles. The number of aromatic nitrogens is 4. The van der Waals surface area contributed by atoms with E-state index in [4.69, 9.17) is 11.6 Å². The zero-order valence-electron chi connectivity index (χ0n) is 12.0. The van der Waals surface area contributed by atoms with Crippen LogP contribution in [0.3, 0.4) is 0 Å². The number of carbonyl (C=O) groups is 1. The minimum Gasteiger partial charge on any atom is -0.322 e. The fraction of sp³-hybridized carbons (Fsp3) is 0. The van der Waals surface area contributed by atoms with Gasteiger partial charge in [-0.05, 0) is 40.8 Å². The Balaban J connectivity index is 1.76. The van der Waals surface area contributed by atoms with Gasteiger partial charge in [0.05, 0.1) is 21.2 Å². The molecule has 24 heavy (non-hydrogen) atoms. The van der Waals surface area contributed by atoms with Crippen LogP contribution in [0.25, 0.3) is 5.69 Å². The topological polar surface area (TPSA) is 116 Å². The van der Waals surface area contributed by atoms with Crippen molar-refractivity contribution in [1.82, 2.24) is 20.2 Å². The Labute approximate surface area is 140 Å². The summed E-state index contributed by atoms with van der Waals surface area (Å²) in [6, 6.07) is 10.5. The summed E-state index contributed by atoms with van der Waals surface area (Å²) in [5, 5.41) is 24.2. The number of nitro benzene ring substituents is 1. The zero-order chi connectivity index (χ0) is 17.1. The number of tetrazole rings is 1. The summed E-state index contributed by atoms with van der Waals surface area (Å²) in [4.78, 5) is 22.3. The van der Waals surface area contributed by atoms with Crippen molar-refractivity contribution in [2.45, 2.75) is 0 Å². The molecule has 0 spiro atoms. The first-order valence-electron chi connectivity index (χ1n) is 6.63. The van der Waals surface area contributed by atoms with E-state index >= 15 is 0 Å². The molecule has 120 valence electrons. The summed E-state index contributed by atoms with van der Waals surface area (Å²) >= 11 is 5.94. The Bertz CT molecular complexity index is 895. The van der Waals surface area contributed by atoms with Crippen LogP contribution in [0, 0.1) is 10.1 Å². The van der Waals surface area contributed by atoms with Gasteiger partial charge in [0.2, 0.25) is 0 Å². The molecule has 3 aromatic rings. The van der Waals surface area contributed by atoms with Gasteiger partial charge in [0, 0.05) is 17.8 Å². The quantitative estimate of drug-likeness (QED) is 0.574. The first-order valence-corrected chi connectivity index (χ1v) is 7.01. The van der Waals surface area contributed by atoms with E-state index in [1.54, 1.807) is 24.3 Å². The first-order chi connectivity index (χ1) is 11.5. The molecule has 0 bridgehead atoms. The predicted octanol–water partition coefficient (Wildman–Crippen LogP) is 2.48. The van der Waals surface area contributed by atoms with E-state index in [1.807, 2.05) is 0 Å². The Morgan fingerprint density at radius 2 is 1.96 bits per heavy atom. The van der Waals surface area contributed by atoms with Crippen molar-refractivity contribution < 1.29 is 9.72 Å². The van der Waals surface area contributed by atoms with E-state index in [1.165, 1.54) is 23.1 Å². The van der Waals surface area contributed by atoms with Crippen LogP contribution >= 0.6 is 11.6 Å². The van der Waals surface area contributed by atoms with Gasteiger partial charge in [0.25, 0.3) is 11.6 Å². The Morgan fingerprint density at radius 3 is 2.54 bits per heavy atom. The molecule has 0 unspecified atom stereocenters. The summed E-state index contributed by atoms with van der Waals surface area (Å²) in [5.41, 5.74) is 1.23. The number of nitrogens with one attached hydrogen (secondary N) is 1. The average molecular weight is 345 g/mol. The summed E-state index contributed by atoms with van der Waals surface area (Å²) in [7, 11) is 0. The number of rotatable bonds is 4. The summed E-state index contributed by atoms with van der Waals surface area (Å²) in [6.45, 7) is 0. The van der Waals surface area contributed by atoms with Crippen LogP contribution in [0.5, 0.6) is 0 Å². The van der Waals surface area contributed by atoms with Crippen LogP contribution < -0.4 is 5.32 Å². The molecule has 1 aromatic heterocycles. The van der Waals surface area contributed by atoms with Crippen molar-refractivity contribution in [1.29, 1.82) is 0 Å². The fourth-order valence-electron chi connectivity index (χ4n) is 1.98. The summed E-state index contributed by atoms with van der Waals surface area (Å²) in [6.07, 6.45) is 1.45. The minimum absolute atomic E-state index is 0.00649. The van der Waals surface area contributed by atoms with Crippen LogP contribution in [0.15, 0.2) is 48.8 Å². The standard InChI is InChI=1S/C14H9ClN6O3/c15-13-7-11(21(23)24)5-6-12(13)14(22)17-9-1-3-10(4-2-9)20-8-16-18-19-20/h1-8H,(H,17,22). The maximum Gasteiger partial charge on any atom is 0.270 e. The van der Waals surface area contributed by atoms with Gasteiger partial charge in [0.15, 0.2) is 0 Å². The van der Waals surface area contributed by atoms with Gasteiger partial charge in [-0.15, -0.1) is 5.10 Å². The second-order valence-corrected chi connectivity index (χ2v) is 5.08. The number of nitrogens with zero attached hydrogens (tertiary/aromatic N) is 5. The van der Waals surface area contributed by atoms with Crippen LogP contribution in [-0.2, 0) is 0 Å². The van der Waals surface area contributed by atoms with Crippen molar-refractivity contribution >= 4 is 28.9 Å². The van der Waals surface area contributed by atoms with Crippen molar-refractivity contribution in [3.63, 3.8) is 0 Å². The molecule has 1 amide bonds. The zero-order valence-corrected chi connectivity index (χ0v) is 12.7. The Hall–Kier alpha value is -3.33. The predicted molar refractivity (Wildman–Crippen MR) is 85.2 cm³/mol. The van der Waals surface area contributed by atoms with Crippen molar-refractivity contribution in [3.05, 3.63) is 69.5 Å². The molecule has 0 aliphatic carbocycles. The molecule has 2 aromatic carbocycles. The molecule has 0 fully saturated rings. The van der Waals surface area contributed by atoms with Gasteiger partial charge < -0.3 is 5.32 Å². The van der Waals surface area contributed by atoms with Crippen LogP contribution in [-0.4, -0.2) is 31.0 Å². The van der Waals surface area contributed by atoms with E-state index in [-0.39, 0.29) is 16.3 Å². The molecule has 9 nitrogen and oxygen atoms in total. The van der Waals surface area contributed by atoms with Crippen LogP contribution in [0.2, 0.25) is 5.02 Å². The largest absolute Gasteiger partial charge is 0.322 e. The van der Waals surface area contributed by atoms with E-state index in [2.05, 4.69) is 20.8 Å². The van der Waals surface area contributed by atoms with E-state index < -0.39 is 10.8 Å². The molecule has 0 radical (unpaired) electrons.